The summed E-state index contributed by atoms with van der Waals surface area (Å²) in [5.74, 6) is 0.455. The number of nitrogens with zero attached hydrogens (tertiary/aromatic N) is 1. The molecule has 1 aromatic rings. The standard InChI is InChI=1S/C14H18N2O/c17-14(16-8-3-6-15-7-9-16)13-10-11-4-1-2-5-12(11)13/h1-2,4-5,13,15H,3,6-10H2. The molecule has 0 spiro atoms. The van der Waals surface area contributed by atoms with Crippen molar-refractivity contribution in [3.63, 3.8) is 0 Å². The Morgan fingerprint density at radius 1 is 1.24 bits per heavy atom. The van der Waals surface area contributed by atoms with E-state index < -0.39 is 0 Å². The van der Waals surface area contributed by atoms with Gasteiger partial charge in [-0.2, -0.15) is 0 Å². The summed E-state index contributed by atoms with van der Waals surface area (Å²) in [7, 11) is 0. The van der Waals surface area contributed by atoms with Crippen LogP contribution in [0.25, 0.3) is 0 Å². The zero-order valence-corrected chi connectivity index (χ0v) is 9.98. The molecule has 1 aliphatic heterocycles. The Morgan fingerprint density at radius 3 is 3.00 bits per heavy atom. The Bertz CT molecular complexity index is 422. The minimum atomic E-state index is 0.129. The van der Waals surface area contributed by atoms with Crippen molar-refractivity contribution < 1.29 is 4.79 Å². The van der Waals surface area contributed by atoms with Crippen molar-refractivity contribution in [1.29, 1.82) is 0 Å². The second kappa shape index (κ2) is 4.49. The van der Waals surface area contributed by atoms with Crippen molar-refractivity contribution in [2.45, 2.75) is 18.8 Å². The monoisotopic (exact) mass is 230 g/mol. The molecule has 0 bridgehead atoms. The van der Waals surface area contributed by atoms with Crippen LogP contribution in [0.1, 0.15) is 23.5 Å². The fourth-order valence-corrected chi connectivity index (χ4v) is 2.77. The van der Waals surface area contributed by atoms with Crippen LogP contribution >= 0.6 is 0 Å². The van der Waals surface area contributed by atoms with Crippen molar-refractivity contribution in [2.24, 2.45) is 0 Å². The van der Waals surface area contributed by atoms with Gasteiger partial charge in [-0.3, -0.25) is 4.79 Å². The first kappa shape index (κ1) is 10.8. The Morgan fingerprint density at radius 2 is 2.12 bits per heavy atom. The highest BCUT2D eigenvalue weighted by Crippen LogP contribution is 2.36. The van der Waals surface area contributed by atoms with Gasteiger partial charge in [0.2, 0.25) is 5.91 Å². The molecule has 2 aliphatic rings. The first-order valence-corrected chi connectivity index (χ1v) is 6.43. The fourth-order valence-electron chi connectivity index (χ4n) is 2.77. The van der Waals surface area contributed by atoms with Gasteiger partial charge in [0.15, 0.2) is 0 Å². The minimum absolute atomic E-state index is 0.129. The van der Waals surface area contributed by atoms with Gasteiger partial charge in [-0.05, 0) is 30.5 Å². The van der Waals surface area contributed by atoms with Crippen LogP contribution < -0.4 is 5.32 Å². The molecule has 1 heterocycles. The molecular weight excluding hydrogens is 212 g/mol. The van der Waals surface area contributed by atoms with Gasteiger partial charge in [0.1, 0.15) is 0 Å². The summed E-state index contributed by atoms with van der Waals surface area (Å²) < 4.78 is 0. The van der Waals surface area contributed by atoms with Crippen molar-refractivity contribution in [2.75, 3.05) is 26.2 Å². The quantitative estimate of drug-likeness (QED) is 0.785. The number of benzene rings is 1. The molecule has 1 fully saturated rings. The summed E-state index contributed by atoms with van der Waals surface area (Å²) in [6.07, 6.45) is 2.00. The largest absolute Gasteiger partial charge is 0.341 e. The van der Waals surface area contributed by atoms with Gasteiger partial charge in [0.05, 0.1) is 5.92 Å². The molecule has 90 valence electrons. The third kappa shape index (κ3) is 1.95. The lowest BCUT2D eigenvalue weighted by Gasteiger charge is -2.33. The van der Waals surface area contributed by atoms with E-state index in [2.05, 4.69) is 23.5 Å². The van der Waals surface area contributed by atoms with Crippen molar-refractivity contribution >= 4 is 5.91 Å². The highest BCUT2D eigenvalue weighted by Gasteiger charge is 2.34. The van der Waals surface area contributed by atoms with Crippen molar-refractivity contribution in [1.82, 2.24) is 10.2 Å². The molecule has 1 aliphatic carbocycles. The van der Waals surface area contributed by atoms with Crippen LogP contribution in [0.15, 0.2) is 24.3 Å². The molecule has 1 aromatic carbocycles. The number of amides is 1. The zero-order chi connectivity index (χ0) is 11.7. The summed E-state index contributed by atoms with van der Waals surface area (Å²) in [5, 5.41) is 3.33. The zero-order valence-electron chi connectivity index (χ0n) is 9.98. The van der Waals surface area contributed by atoms with Crippen molar-refractivity contribution in [3.05, 3.63) is 35.4 Å². The minimum Gasteiger partial charge on any atom is -0.341 e. The van der Waals surface area contributed by atoms with Crippen LogP contribution in [0.4, 0.5) is 0 Å². The van der Waals surface area contributed by atoms with E-state index in [-0.39, 0.29) is 5.92 Å². The highest BCUT2D eigenvalue weighted by molar-refractivity contribution is 5.87. The molecule has 1 unspecified atom stereocenters. The molecule has 3 nitrogen and oxygen atoms in total. The molecule has 0 radical (unpaired) electrons. The van der Waals surface area contributed by atoms with Crippen LogP contribution in [0, 0.1) is 0 Å². The topological polar surface area (TPSA) is 32.3 Å². The van der Waals surface area contributed by atoms with Gasteiger partial charge in [-0.25, -0.2) is 0 Å². The van der Waals surface area contributed by atoms with Gasteiger partial charge in [0.25, 0.3) is 0 Å². The van der Waals surface area contributed by atoms with Crippen LogP contribution in [-0.2, 0) is 11.2 Å². The molecule has 3 rings (SSSR count). The predicted molar refractivity (Wildman–Crippen MR) is 67.0 cm³/mol. The summed E-state index contributed by atoms with van der Waals surface area (Å²) >= 11 is 0. The SMILES string of the molecule is O=C(C1Cc2ccccc21)N1CCCNCC1. The summed E-state index contributed by atoms with van der Waals surface area (Å²) in [6, 6.07) is 8.30. The molecule has 0 aromatic heterocycles. The Kier molecular flexibility index (Phi) is 2.85. The number of rotatable bonds is 1. The van der Waals surface area contributed by atoms with Gasteiger partial charge in [-0.15, -0.1) is 0 Å². The van der Waals surface area contributed by atoms with Crippen LogP contribution in [0.5, 0.6) is 0 Å². The van der Waals surface area contributed by atoms with Crippen LogP contribution in [0.3, 0.4) is 0 Å². The summed E-state index contributed by atoms with van der Waals surface area (Å²) in [4.78, 5) is 14.4. The second-order valence-electron chi connectivity index (χ2n) is 4.88. The normalized spacial score (nSPS) is 23.5. The number of hydrogen-bond acceptors (Lipinski definition) is 2. The predicted octanol–water partition coefficient (Wildman–Crippen LogP) is 1.15. The van der Waals surface area contributed by atoms with Crippen LogP contribution in [-0.4, -0.2) is 37.0 Å². The van der Waals surface area contributed by atoms with Gasteiger partial charge in [-0.1, -0.05) is 24.3 Å². The third-order valence-electron chi connectivity index (χ3n) is 3.80. The van der Waals surface area contributed by atoms with E-state index in [9.17, 15) is 4.79 Å². The Labute approximate surface area is 102 Å². The number of carbonyl (C=O) groups excluding carboxylic acids is 1. The first-order chi connectivity index (χ1) is 8.36. The van der Waals surface area contributed by atoms with E-state index in [0.717, 1.165) is 39.0 Å². The lowest BCUT2D eigenvalue weighted by atomic mass is 9.77. The van der Waals surface area contributed by atoms with E-state index in [0.29, 0.717) is 5.91 Å². The Balaban J connectivity index is 1.72. The summed E-state index contributed by atoms with van der Waals surface area (Å²) in [5.41, 5.74) is 2.59. The second-order valence-corrected chi connectivity index (χ2v) is 4.88. The average molecular weight is 230 g/mol. The molecule has 1 saturated heterocycles. The maximum Gasteiger partial charge on any atom is 0.230 e. The average Bonchev–Trinajstić information content (AvgIpc) is 2.59. The Hall–Kier alpha value is -1.35. The first-order valence-electron chi connectivity index (χ1n) is 6.43. The number of carbonyl (C=O) groups is 1. The van der Waals surface area contributed by atoms with Gasteiger partial charge >= 0.3 is 0 Å². The summed E-state index contributed by atoms with van der Waals surface area (Å²) in [6.45, 7) is 3.73. The number of hydrogen-bond donors (Lipinski definition) is 1. The third-order valence-corrected chi connectivity index (χ3v) is 3.80. The van der Waals surface area contributed by atoms with Gasteiger partial charge < -0.3 is 10.2 Å². The molecule has 1 N–H and O–H groups in total. The molecule has 1 atom stereocenters. The van der Waals surface area contributed by atoms with E-state index in [1.165, 1.54) is 11.1 Å². The maximum atomic E-state index is 12.4. The van der Waals surface area contributed by atoms with E-state index in [4.69, 9.17) is 0 Å². The maximum absolute atomic E-state index is 12.4. The molecule has 0 saturated carbocycles. The molecular formula is C14H18N2O. The van der Waals surface area contributed by atoms with Crippen LogP contribution in [0.2, 0.25) is 0 Å². The lowest BCUT2D eigenvalue weighted by Crippen LogP contribution is -2.41. The van der Waals surface area contributed by atoms with Crippen molar-refractivity contribution in [3.8, 4) is 0 Å². The number of nitrogens with one attached hydrogen (secondary N) is 1. The van der Waals surface area contributed by atoms with E-state index in [1.54, 1.807) is 0 Å². The van der Waals surface area contributed by atoms with E-state index in [1.807, 2.05) is 11.0 Å². The smallest absolute Gasteiger partial charge is 0.230 e. The van der Waals surface area contributed by atoms with Gasteiger partial charge in [0, 0.05) is 19.6 Å². The van der Waals surface area contributed by atoms with E-state index >= 15 is 0 Å². The number of fused-ring (bicyclic) bond motifs is 1. The molecule has 17 heavy (non-hydrogen) atoms. The fraction of sp³-hybridized carbons (Fsp3) is 0.500. The molecule has 3 heteroatoms. The lowest BCUT2D eigenvalue weighted by molar-refractivity contribution is -0.133. The highest BCUT2D eigenvalue weighted by atomic mass is 16.2. The molecule has 1 amide bonds.